The molecule has 0 spiro atoms. The highest BCUT2D eigenvalue weighted by Gasteiger charge is 2.32. The van der Waals surface area contributed by atoms with Crippen LogP contribution in [0.4, 0.5) is 13.2 Å². The number of carbonyl (C=O) groups excluding carboxylic acids is 1. The van der Waals surface area contributed by atoms with Gasteiger partial charge in [0.15, 0.2) is 5.69 Å². The molecule has 2 aromatic rings. The Labute approximate surface area is 192 Å². The molecular formula is C24H31F3N4O2. The summed E-state index contributed by atoms with van der Waals surface area (Å²) >= 11 is 0. The summed E-state index contributed by atoms with van der Waals surface area (Å²) < 4.78 is 43.5. The third kappa shape index (κ3) is 5.88. The molecule has 0 saturated carbocycles. The SMILES string of the molecule is CCn1nc(C(=O)N2CCCCCC2)c2c1CC[C@H](NCc1cccc(OC(F)(F)F)c1)C2. The highest BCUT2D eigenvalue weighted by atomic mass is 19.4. The molecular weight excluding hydrogens is 433 g/mol. The summed E-state index contributed by atoms with van der Waals surface area (Å²) in [5.74, 6) is -0.194. The van der Waals surface area contributed by atoms with Crippen molar-refractivity contribution in [3.63, 3.8) is 0 Å². The van der Waals surface area contributed by atoms with Crippen LogP contribution in [0.1, 0.15) is 66.3 Å². The first-order valence-electron chi connectivity index (χ1n) is 11.8. The maximum atomic E-state index is 13.3. The lowest BCUT2D eigenvalue weighted by Crippen LogP contribution is -2.36. The van der Waals surface area contributed by atoms with E-state index < -0.39 is 6.36 Å². The Balaban J connectivity index is 1.45. The van der Waals surface area contributed by atoms with E-state index >= 15 is 0 Å². The van der Waals surface area contributed by atoms with Crippen LogP contribution in [0.2, 0.25) is 0 Å². The summed E-state index contributed by atoms with van der Waals surface area (Å²) in [5.41, 5.74) is 3.44. The molecule has 6 nitrogen and oxygen atoms in total. The molecule has 180 valence electrons. The van der Waals surface area contributed by atoms with Crippen LogP contribution in [0.25, 0.3) is 0 Å². The van der Waals surface area contributed by atoms with Crippen molar-refractivity contribution in [1.82, 2.24) is 20.0 Å². The molecule has 1 saturated heterocycles. The number of aromatic nitrogens is 2. The van der Waals surface area contributed by atoms with E-state index in [9.17, 15) is 18.0 Å². The second kappa shape index (κ2) is 10.2. The van der Waals surface area contributed by atoms with Gasteiger partial charge in [-0.1, -0.05) is 25.0 Å². The standard InChI is InChI=1S/C24H31F3N4O2/c1-2-31-21-11-10-18(28-16-17-8-7-9-19(14-17)33-24(25,26)27)15-20(21)22(29-31)23(32)30-12-5-3-4-6-13-30/h7-9,14,18,28H,2-6,10-13,15-16H2,1H3/t18-/m0/s1. The van der Waals surface area contributed by atoms with Gasteiger partial charge in [0.05, 0.1) is 0 Å². The average Bonchev–Trinajstić information content (AvgIpc) is 2.94. The second-order valence-corrected chi connectivity index (χ2v) is 8.81. The Kier molecular flexibility index (Phi) is 7.26. The number of hydrogen-bond acceptors (Lipinski definition) is 4. The van der Waals surface area contributed by atoms with Gasteiger partial charge in [0, 0.05) is 43.5 Å². The number of fused-ring (bicyclic) bond motifs is 1. The van der Waals surface area contributed by atoms with E-state index in [0.717, 1.165) is 69.4 Å². The van der Waals surface area contributed by atoms with Crippen molar-refractivity contribution in [1.29, 1.82) is 0 Å². The minimum Gasteiger partial charge on any atom is -0.406 e. The van der Waals surface area contributed by atoms with Crippen molar-refractivity contribution >= 4 is 5.91 Å². The fourth-order valence-corrected chi connectivity index (χ4v) is 4.83. The molecule has 2 heterocycles. The van der Waals surface area contributed by atoms with Gasteiger partial charge in [-0.3, -0.25) is 9.48 Å². The van der Waals surface area contributed by atoms with Gasteiger partial charge < -0.3 is 15.0 Å². The fraction of sp³-hybridized carbons (Fsp3) is 0.583. The summed E-state index contributed by atoms with van der Waals surface area (Å²) in [6.45, 7) is 4.75. The normalized spacial score (nSPS) is 19.2. The number of alkyl halides is 3. The van der Waals surface area contributed by atoms with Gasteiger partial charge in [-0.15, -0.1) is 13.2 Å². The maximum absolute atomic E-state index is 13.3. The number of carbonyl (C=O) groups is 1. The van der Waals surface area contributed by atoms with Gasteiger partial charge >= 0.3 is 6.36 Å². The van der Waals surface area contributed by atoms with Crippen LogP contribution in [-0.4, -0.2) is 46.1 Å². The molecule has 1 atom stereocenters. The van der Waals surface area contributed by atoms with Crippen molar-refractivity contribution in [2.45, 2.75) is 77.4 Å². The molecule has 0 bridgehead atoms. The summed E-state index contributed by atoms with van der Waals surface area (Å²) in [4.78, 5) is 15.3. The van der Waals surface area contributed by atoms with Crippen LogP contribution >= 0.6 is 0 Å². The number of hydrogen-bond donors (Lipinski definition) is 1. The Bertz CT molecular complexity index is 965. The first-order chi connectivity index (χ1) is 15.8. The summed E-state index contributed by atoms with van der Waals surface area (Å²) in [6.07, 6.45) is 2.06. The molecule has 1 aliphatic heterocycles. The topological polar surface area (TPSA) is 59.4 Å². The van der Waals surface area contributed by atoms with Crippen molar-refractivity contribution < 1.29 is 22.7 Å². The van der Waals surface area contributed by atoms with Crippen molar-refractivity contribution in [3.8, 4) is 5.75 Å². The molecule has 1 fully saturated rings. The van der Waals surface area contributed by atoms with Gasteiger partial charge in [0.2, 0.25) is 0 Å². The number of ether oxygens (including phenoxy) is 1. The van der Waals surface area contributed by atoms with Crippen LogP contribution in [0.5, 0.6) is 5.75 Å². The van der Waals surface area contributed by atoms with Gasteiger partial charge in [0.1, 0.15) is 5.75 Å². The number of nitrogens with zero attached hydrogens (tertiary/aromatic N) is 3. The zero-order valence-corrected chi connectivity index (χ0v) is 19.0. The van der Waals surface area contributed by atoms with E-state index in [4.69, 9.17) is 0 Å². The lowest BCUT2D eigenvalue weighted by molar-refractivity contribution is -0.274. The largest absolute Gasteiger partial charge is 0.573 e. The van der Waals surface area contributed by atoms with Gasteiger partial charge in [-0.05, 0) is 56.7 Å². The van der Waals surface area contributed by atoms with Gasteiger partial charge in [-0.2, -0.15) is 5.10 Å². The molecule has 0 unspecified atom stereocenters. The molecule has 1 aromatic carbocycles. The molecule has 1 aromatic heterocycles. The van der Waals surface area contributed by atoms with Gasteiger partial charge in [-0.25, -0.2) is 0 Å². The molecule has 4 rings (SSSR count). The Morgan fingerprint density at radius 3 is 2.67 bits per heavy atom. The van der Waals surface area contributed by atoms with Crippen molar-refractivity contribution in [3.05, 3.63) is 46.8 Å². The predicted molar refractivity (Wildman–Crippen MR) is 118 cm³/mol. The van der Waals surface area contributed by atoms with E-state index in [2.05, 4.69) is 15.2 Å². The first kappa shape index (κ1) is 23.6. The number of nitrogens with one attached hydrogen (secondary N) is 1. The van der Waals surface area contributed by atoms with Crippen LogP contribution in [0, 0.1) is 0 Å². The minimum absolute atomic E-state index is 0.0259. The quantitative estimate of drug-likeness (QED) is 0.686. The first-order valence-corrected chi connectivity index (χ1v) is 11.8. The number of halogens is 3. The summed E-state index contributed by atoms with van der Waals surface area (Å²) in [5, 5.41) is 8.14. The van der Waals surface area contributed by atoms with Gasteiger partial charge in [0.25, 0.3) is 5.91 Å². The van der Waals surface area contributed by atoms with Crippen LogP contribution in [-0.2, 0) is 25.9 Å². The molecule has 1 N–H and O–H groups in total. The molecule has 33 heavy (non-hydrogen) atoms. The number of likely N-dealkylation sites (tertiary alicyclic amines) is 1. The van der Waals surface area contributed by atoms with E-state index in [-0.39, 0.29) is 17.7 Å². The Hall–Kier alpha value is -2.55. The third-order valence-electron chi connectivity index (χ3n) is 6.47. The molecule has 9 heteroatoms. The lowest BCUT2D eigenvalue weighted by Gasteiger charge is -2.25. The fourth-order valence-electron chi connectivity index (χ4n) is 4.83. The van der Waals surface area contributed by atoms with Crippen LogP contribution in [0.15, 0.2) is 24.3 Å². The minimum atomic E-state index is -4.71. The van der Waals surface area contributed by atoms with Crippen molar-refractivity contribution in [2.24, 2.45) is 0 Å². The van der Waals surface area contributed by atoms with Crippen LogP contribution in [0.3, 0.4) is 0 Å². The molecule has 1 amide bonds. The zero-order chi connectivity index (χ0) is 23.4. The zero-order valence-electron chi connectivity index (χ0n) is 19.0. The summed E-state index contributed by atoms with van der Waals surface area (Å²) in [6, 6.07) is 6.14. The highest BCUT2D eigenvalue weighted by Crippen LogP contribution is 2.28. The third-order valence-corrected chi connectivity index (χ3v) is 6.47. The van der Waals surface area contributed by atoms with Crippen molar-refractivity contribution in [2.75, 3.05) is 13.1 Å². The Morgan fingerprint density at radius 1 is 1.21 bits per heavy atom. The predicted octanol–water partition coefficient (Wildman–Crippen LogP) is 4.46. The van der Waals surface area contributed by atoms with E-state index in [1.165, 1.54) is 12.1 Å². The monoisotopic (exact) mass is 464 g/mol. The van der Waals surface area contributed by atoms with E-state index in [1.807, 2.05) is 16.5 Å². The maximum Gasteiger partial charge on any atom is 0.573 e. The summed E-state index contributed by atoms with van der Waals surface area (Å²) in [7, 11) is 0. The molecule has 2 aliphatic rings. The molecule has 0 radical (unpaired) electrons. The molecule has 1 aliphatic carbocycles. The van der Waals surface area contributed by atoms with E-state index in [0.29, 0.717) is 24.2 Å². The number of amides is 1. The Morgan fingerprint density at radius 2 is 1.97 bits per heavy atom. The van der Waals surface area contributed by atoms with E-state index in [1.54, 1.807) is 12.1 Å². The smallest absolute Gasteiger partial charge is 0.406 e. The average molecular weight is 465 g/mol. The number of rotatable bonds is 6. The highest BCUT2D eigenvalue weighted by molar-refractivity contribution is 5.94. The number of benzene rings is 1. The van der Waals surface area contributed by atoms with Crippen LogP contribution < -0.4 is 10.1 Å². The number of aryl methyl sites for hydroxylation is 1. The lowest BCUT2D eigenvalue weighted by atomic mass is 9.91. The second-order valence-electron chi connectivity index (χ2n) is 8.81.